The zero-order chi connectivity index (χ0) is 20.1. The molecule has 0 bridgehead atoms. The maximum absolute atomic E-state index is 11.8. The number of ether oxygens (including phenoxy) is 1. The Kier molecular flexibility index (Phi) is 10.9. The molecule has 1 aromatic rings. The molecule has 1 rings (SSSR count). The number of hydrogen-bond acceptors (Lipinski definition) is 4. The minimum atomic E-state index is 0.000684. The molecule has 7 nitrogen and oxygen atoms in total. The van der Waals surface area contributed by atoms with Crippen LogP contribution < -0.4 is 15.4 Å². The largest absolute Gasteiger partial charge is 0.492 e. The summed E-state index contributed by atoms with van der Waals surface area (Å²) in [5, 5.41) is 6.23. The van der Waals surface area contributed by atoms with E-state index in [1.807, 2.05) is 31.2 Å². The SMILES string of the molecule is CCNC(=NCc1ccccc1OCCN(CC)CC)NCC(=O)N(C)C. The highest BCUT2D eigenvalue weighted by molar-refractivity contribution is 5.86. The lowest BCUT2D eigenvalue weighted by Gasteiger charge is -2.19. The molecule has 0 saturated heterocycles. The second kappa shape index (κ2) is 13.0. The first-order chi connectivity index (χ1) is 13.0. The number of rotatable bonds is 11. The molecular weight excluding hydrogens is 342 g/mol. The average molecular weight is 378 g/mol. The van der Waals surface area contributed by atoms with Crippen LogP contribution in [-0.2, 0) is 11.3 Å². The molecule has 0 aromatic heterocycles. The number of aliphatic imine (C=N–C) groups is 1. The molecule has 0 aliphatic rings. The number of amides is 1. The van der Waals surface area contributed by atoms with E-state index in [0.717, 1.165) is 37.5 Å². The van der Waals surface area contributed by atoms with Crippen molar-refractivity contribution in [2.45, 2.75) is 27.3 Å². The number of para-hydroxylation sites is 1. The Hall–Kier alpha value is -2.28. The molecule has 0 radical (unpaired) electrons. The maximum atomic E-state index is 11.8. The number of guanidine groups is 1. The summed E-state index contributed by atoms with van der Waals surface area (Å²) in [7, 11) is 3.47. The highest BCUT2D eigenvalue weighted by Gasteiger charge is 2.07. The Morgan fingerprint density at radius 2 is 1.81 bits per heavy atom. The van der Waals surface area contributed by atoms with Crippen LogP contribution in [0.3, 0.4) is 0 Å². The molecule has 0 aliphatic carbocycles. The minimum absolute atomic E-state index is 0.000684. The Balaban J connectivity index is 2.69. The lowest BCUT2D eigenvalue weighted by atomic mass is 10.2. The van der Waals surface area contributed by atoms with Gasteiger partial charge in [0.1, 0.15) is 12.4 Å². The Bertz CT molecular complexity index is 585. The van der Waals surface area contributed by atoms with Crippen molar-refractivity contribution in [1.29, 1.82) is 0 Å². The normalized spacial score (nSPS) is 11.4. The maximum Gasteiger partial charge on any atom is 0.241 e. The molecule has 152 valence electrons. The zero-order valence-corrected chi connectivity index (χ0v) is 17.4. The lowest BCUT2D eigenvalue weighted by Crippen LogP contribution is -2.42. The Morgan fingerprint density at radius 1 is 1.11 bits per heavy atom. The van der Waals surface area contributed by atoms with Crippen LogP contribution in [0.4, 0.5) is 0 Å². The van der Waals surface area contributed by atoms with Gasteiger partial charge in [-0.05, 0) is 26.1 Å². The topological polar surface area (TPSA) is 69.2 Å². The molecule has 0 saturated carbocycles. The number of nitrogens with one attached hydrogen (secondary N) is 2. The smallest absolute Gasteiger partial charge is 0.241 e. The van der Waals surface area contributed by atoms with Gasteiger partial charge in [-0.3, -0.25) is 4.79 Å². The van der Waals surface area contributed by atoms with Gasteiger partial charge >= 0.3 is 0 Å². The summed E-state index contributed by atoms with van der Waals surface area (Å²) in [5.41, 5.74) is 1.02. The fraction of sp³-hybridized carbons (Fsp3) is 0.600. The van der Waals surface area contributed by atoms with Gasteiger partial charge < -0.3 is 25.2 Å². The Labute approximate surface area is 163 Å². The van der Waals surface area contributed by atoms with Crippen molar-refractivity contribution in [2.24, 2.45) is 4.99 Å². The van der Waals surface area contributed by atoms with Gasteiger partial charge in [0.05, 0.1) is 13.1 Å². The fourth-order valence-electron chi connectivity index (χ4n) is 2.42. The summed E-state index contributed by atoms with van der Waals surface area (Å²) in [6.07, 6.45) is 0. The quantitative estimate of drug-likeness (QED) is 0.452. The van der Waals surface area contributed by atoms with E-state index >= 15 is 0 Å². The molecule has 1 aromatic carbocycles. The van der Waals surface area contributed by atoms with Crippen LogP contribution in [0.2, 0.25) is 0 Å². The zero-order valence-electron chi connectivity index (χ0n) is 17.4. The van der Waals surface area contributed by atoms with Gasteiger partial charge in [-0.25, -0.2) is 4.99 Å². The number of carbonyl (C=O) groups is 1. The summed E-state index contributed by atoms with van der Waals surface area (Å²) in [5.74, 6) is 1.47. The predicted octanol–water partition coefficient (Wildman–Crippen LogP) is 1.55. The van der Waals surface area contributed by atoms with Crippen molar-refractivity contribution in [3.63, 3.8) is 0 Å². The molecule has 0 spiro atoms. The summed E-state index contributed by atoms with van der Waals surface area (Å²) in [6.45, 7) is 11.3. The van der Waals surface area contributed by atoms with Gasteiger partial charge in [0, 0.05) is 32.7 Å². The van der Waals surface area contributed by atoms with Crippen molar-refractivity contribution < 1.29 is 9.53 Å². The van der Waals surface area contributed by atoms with E-state index in [1.54, 1.807) is 19.0 Å². The third kappa shape index (κ3) is 8.77. The Morgan fingerprint density at radius 3 is 2.44 bits per heavy atom. The van der Waals surface area contributed by atoms with E-state index in [0.29, 0.717) is 19.1 Å². The number of benzene rings is 1. The molecule has 27 heavy (non-hydrogen) atoms. The van der Waals surface area contributed by atoms with Gasteiger partial charge in [-0.1, -0.05) is 32.0 Å². The summed E-state index contributed by atoms with van der Waals surface area (Å²) >= 11 is 0. The number of carbonyl (C=O) groups excluding carboxylic acids is 1. The van der Waals surface area contributed by atoms with E-state index in [4.69, 9.17) is 4.74 Å². The van der Waals surface area contributed by atoms with Crippen LogP contribution in [0.1, 0.15) is 26.3 Å². The van der Waals surface area contributed by atoms with Gasteiger partial charge in [-0.15, -0.1) is 0 Å². The molecule has 1 amide bonds. The number of likely N-dealkylation sites (N-methyl/N-ethyl adjacent to an activating group) is 2. The third-order valence-corrected chi connectivity index (χ3v) is 4.19. The monoisotopic (exact) mass is 377 g/mol. The predicted molar refractivity (Wildman–Crippen MR) is 111 cm³/mol. The second-order valence-corrected chi connectivity index (χ2v) is 6.32. The average Bonchev–Trinajstić information content (AvgIpc) is 2.67. The highest BCUT2D eigenvalue weighted by Crippen LogP contribution is 2.18. The van der Waals surface area contributed by atoms with E-state index in [9.17, 15) is 4.79 Å². The molecule has 0 heterocycles. The summed E-state index contributed by atoms with van der Waals surface area (Å²) in [6, 6.07) is 7.95. The number of hydrogen-bond donors (Lipinski definition) is 2. The molecular formula is C20H35N5O2. The van der Waals surface area contributed by atoms with E-state index < -0.39 is 0 Å². The lowest BCUT2D eigenvalue weighted by molar-refractivity contribution is -0.127. The van der Waals surface area contributed by atoms with Gasteiger partial charge in [0.2, 0.25) is 5.91 Å². The first kappa shape index (κ1) is 22.8. The summed E-state index contributed by atoms with van der Waals surface area (Å²) < 4.78 is 5.98. The van der Waals surface area contributed by atoms with Crippen molar-refractivity contribution >= 4 is 11.9 Å². The van der Waals surface area contributed by atoms with E-state index in [2.05, 4.69) is 34.4 Å². The van der Waals surface area contributed by atoms with Crippen LogP contribution in [0, 0.1) is 0 Å². The summed E-state index contributed by atoms with van der Waals surface area (Å²) in [4.78, 5) is 20.2. The molecule has 2 N–H and O–H groups in total. The van der Waals surface area contributed by atoms with Gasteiger partial charge in [-0.2, -0.15) is 0 Å². The van der Waals surface area contributed by atoms with Crippen LogP contribution in [0.25, 0.3) is 0 Å². The van der Waals surface area contributed by atoms with Crippen molar-refractivity contribution in [3.8, 4) is 5.75 Å². The van der Waals surface area contributed by atoms with Crippen LogP contribution in [0.15, 0.2) is 29.3 Å². The third-order valence-electron chi connectivity index (χ3n) is 4.19. The van der Waals surface area contributed by atoms with Crippen LogP contribution in [-0.4, -0.2) is 75.1 Å². The minimum Gasteiger partial charge on any atom is -0.492 e. The van der Waals surface area contributed by atoms with E-state index in [1.165, 1.54) is 0 Å². The van der Waals surface area contributed by atoms with Crippen LogP contribution >= 0.6 is 0 Å². The fourth-order valence-corrected chi connectivity index (χ4v) is 2.42. The van der Waals surface area contributed by atoms with Crippen molar-refractivity contribution in [3.05, 3.63) is 29.8 Å². The molecule has 0 atom stereocenters. The van der Waals surface area contributed by atoms with Crippen molar-refractivity contribution in [1.82, 2.24) is 20.4 Å². The van der Waals surface area contributed by atoms with Gasteiger partial charge in [0.15, 0.2) is 5.96 Å². The standard InChI is InChI=1S/C20H35N5O2/c1-6-21-20(23-16-19(26)24(4)5)22-15-17-11-9-10-12-18(17)27-14-13-25(7-2)8-3/h9-12H,6-8,13-16H2,1-5H3,(H2,21,22,23). The first-order valence-electron chi connectivity index (χ1n) is 9.67. The molecule has 0 fully saturated rings. The molecule has 0 aliphatic heterocycles. The number of nitrogens with zero attached hydrogens (tertiary/aromatic N) is 3. The first-order valence-corrected chi connectivity index (χ1v) is 9.67. The van der Waals surface area contributed by atoms with E-state index in [-0.39, 0.29) is 12.5 Å². The second-order valence-electron chi connectivity index (χ2n) is 6.32. The van der Waals surface area contributed by atoms with Crippen molar-refractivity contribution in [2.75, 3.05) is 53.4 Å². The highest BCUT2D eigenvalue weighted by atomic mass is 16.5. The molecule has 0 unspecified atom stereocenters. The molecule has 7 heteroatoms. The van der Waals surface area contributed by atoms with Crippen LogP contribution in [0.5, 0.6) is 5.75 Å². The van der Waals surface area contributed by atoms with Gasteiger partial charge in [0.25, 0.3) is 0 Å².